The van der Waals surface area contributed by atoms with E-state index in [-0.39, 0.29) is 0 Å². The van der Waals surface area contributed by atoms with Crippen molar-refractivity contribution in [2.75, 3.05) is 24.6 Å². The number of nitrogens with zero attached hydrogens (tertiary/aromatic N) is 2. The molecule has 1 aromatic heterocycles. The summed E-state index contributed by atoms with van der Waals surface area (Å²) in [5, 5.41) is 10.0. The molecule has 1 heterocycles. The third kappa shape index (κ3) is 5.24. The normalized spacial score (nSPS) is 10.6. The van der Waals surface area contributed by atoms with Crippen LogP contribution < -0.4 is 5.32 Å². The minimum absolute atomic E-state index is 0.931. The second-order valence-electron chi connectivity index (χ2n) is 2.98. The Labute approximate surface area is 89.3 Å². The summed E-state index contributed by atoms with van der Waals surface area (Å²) < 4.78 is 0. The fraction of sp³-hybridized carbons (Fsp3) is 0.778. The Morgan fingerprint density at radius 2 is 2.43 bits per heavy atom. The van der Waals surface area contributed by atoms with Gasteiger partial charge >= 0.3 is 0 Å². The Morgan fingerprint density at radius 3 is 3.14 bits per heavy atom. The SMILES string of the molecule is CCSCCCNCCc1ncn[nH]1. The average molecular weight is 214 g/mol. The van der Waals surface area contributed by atoms with E-state index in [9.17, 15) is 0 Å². The van der Waals surface area contributed by atoms with Crippen LogP contribution in [0.25, 0.3) is 0 Å². The zero-order valence-corrected chi connectivity index (χ0v) is 9.44. The first-order valence-electron chi connectivity index (χ1n) is 5.06. The number of thioether (sulfide) groups is 1. The zero-order chi connectivity index (χ0) is 10.1. The van der Waals surface area contributed by atoms with Crippen LogP contribution in [0.2, 0.25) is 0 Å². The highest BCUT2D eigenvalue weighted by atomic mass is 32.2. The van der Waals surface area contributed by atoms with E-state index in [0.717, 1.165) is 25.3 Å². The monoisotopic (exact) mass is 214 g/mol. The largest absolute Gasteiger partial charge is 0.316 e. The lowest BCUT2D eigenvalue weighted by molar-refractivity contribution is 0.662. The van der Waals surface area contributed by atoms with Crippen molar-refractivity contribution < 1.29 is 0 Å². The van der Waals surface area contributed by atoms with E-state index in [1.165, 1.54) is 17.9 Å². The van der Waals surface area contributed by atoms with Gasteiger partial charge in [-0.1, -0.05) is 6.92 Å². The van der Waals surface area contributed by atoms with Gasteiger partial charge in [0.15, 0.2) is 0 Å². The van der Waals surface area contributed by atoms with E-state index in [4.69, 9.17) is 0 Å². The number of aromatic nitrogens is 3. The summed E-state index contributed by atoms with van der Waals surface area (Å²) in [5.74, 6) is 3.43. The van der Waals surface area contributed by atoms with Gasteiger partial charge in [0.2, 0.25) is 0 Å². The molecule has 0 saturated heterocycles. The minimum atomic E-state index is 0.931. The highest BCUT2D eigenvalue weighted by Crippen LogP contribution is 1.99. The number of aromatic amines is 1. The van der Waals surface area contributed by atoms with Gasteiger partial charge in [-0.05, 0) is 24.5 Å². The van der Waals surface area contributed by atoms with Crippen molar-refractivity contribution in [3.05, 3.63) is 12.2 Å². The second-order valence-corrected chi connectivity index (χ2v) is 4.38. The van der Waals surface area contributed by atoms with Gasteiger partial charge in [-0.2, -0.15) is 16.9 Å². The molecular formula is C9H18N4S. The lowest BCUT2D eigenvalue weighted by Crippen LogP contribution is -2.19. The van der Waals surface area contributed by atoms with Crippen LogP contribution in [0.3, 0.4) is 0 Å². The van der Waals surface area contributed by atoms with Crippen LogP contribution in [0, 0.1) is 0 Å². The van der Waals surface area contributed by atoms with Gasteiger partial charge in [0, 0.05) is 13.0 Å². The lowest BCUT2D eigenvalue weighted by Gasteiger charge is -2.02. The molecule has 0 atom stereocenters. The highest BCUT2D eigenvalue weighted by Gasteiger charge is 1.94. The first kappa shape index (κ1) is 11.5. The van der Waals surface area contributed by atoms with Crippen molar-refractivity contribution in [1.29, 1.82) is 0 Å². The molecule has 0 aromatic carbocycles. The molecule has 0 saturated carbocycles. The summed E-state index contributed by atoms with van der Waals surface area (Å²) in [4.78, 5) is 4.05. The van der Waals surface area contributed by atoms with Crippen LogP contribution in [-0.4, -0.2) is 39.8 Å². The molecule has 0 bridgehead atoms. The summed E-state index contributed by atoms with van der Waals surface area (Å²) in [7, 11) is 0. The standard InChI is InChI=1S/C9H18N4S/c1-2-14-7-3-5-10-6-4-9-11-8-12-13-9/h8,10H,2-7H2,1H3,(H,11,12,13). The maximum Gasteiger partial charge on any atom is 0.137 e. The Hall–Kier alpha value is -0.550. The molecule has 1 aromatic rings. The quantitative estimate of drug-likeness (QED) is 0.636. The molecule has 2 N–H and O–H groups in total. The Kier molecular flexibility index (Phi) is 6.43. The first-order valence-corrected chi connectivity index (χ1v) is 6.21. The van der Waals surface area contributed by atoms with Crippen molar-refractivity contribution in [2.45, 2.75) is 19.8 Å². The third-order valence-corrected chi connectivity index (χ3v) is 2.84. The van der Waals surface area contributed by atoms with E-state index in [1.54, 1.807) is 6.33 Å². The van der Waals surface area contributed by atoms with E-state index < -0.39 is 0 Å². The number of hydrogen-bond acceptors (Lipinski definition) is 4. The third-order valence-electron chi connectivity index (χ3n) is 1.85. The lowest BCUT2D eigenvalue weighted by atomic mass is 10.4. The van der Waals surface area contributed by atoms with Crippen molar-refractivity contribution in [3.63, 3.8) is 0 Å². The van der Waals surface area contributed by atoms with Crippen molar-refractivity contribution in [1.82, 2.24) is 20.5 Å². The summed E-state index contributed by atoms with van der Waals surface area (Å²) in [6.45, 7) is 4.27. The number of H-pyrrole nitrogens is 1. The molecule has 80 valence electrons. The minimum Gasteiger partial charge on any atom is -0.316 e. The van der Waals surface area contributed by atoms with Crippen LogP contribution >= 0.6 is 11.8 Å². The summed E-state index contributed by atoms with van der Waals surface area (Å²) in [5.41, 5.74) is 0. The van der Waals surface area contributed by atoms with Crippen molar-refractivity contribution >= 4 is 11.8 Å². The van der Waals surface area contributed by atoms with Crippen LogP contribution in [0.15, 0.2) is 6.33 Å². The molecule has 0 unspecified atom stereocenters. The molecule has 0 radical (unpaired) electrons. The van der Waals surface area contributed by atoms with E-state index in [0.29, 0.717) is 0 Å². The molecule has 0 amide bonds. The molecule has 1 rings (SSSR count). The van der Waals surface area contributed by atoms with Gasteiger partial charge in [0.1, 0.15) is 12.2 Å². The smallest absolute Gasteiger partial charge is 0.137 e. The van der Waals surface area contributed by atoms with Gasteiger partial charge in [0.25, 0.3) is 0 Å². The summed E-state index contributed by atoms with van der Waals surface area (Å²) in [6.07, 6.45) is 3.73. The number of rotatable bonds is 8. The van der Waals surface area contributed by atoms with Crippen molar-refractivity contribution in [2.24, 2.45) is 0 Å². The molecule has 14 heavy (non-hydrogen) atoms. The Bertz CT molecular complexity index is 213. The topological polar surface area (TPSA) is 53.6 Å². The number of hydrogen-bond donors (Lipinski definition) is 2. The summed E-state index contributed by atoms with van der Waals surface area (Å²) >= 11 is 2.00. The fourth-order valence-electron chi connectivity index (χ4n) is 1.13. The molecule has 0 fully saturated rings. The van der Waals surface area contributed by atoms with Crippen LogP contribution in [0.4, 0.5) is 0 Å². The van der Waals surface area contributed by atoms with Gasteiger partial charge in [-0.3, -0.25) is 5.10 Å². The fourth-order valence-corrected chi connectivity index (χ4v) is 1.76. The van der Waals surface area contributed by atoms with Crippen LogP contribution in [0.5, 0.6) is 0 Å². The van der Waals surface area contributed by atoms with E-state index in [1.807, 2.05) is 11.8 Å². The van der Waals surface area contributed by atoms with E-state index >= 15 is 0 Å². The molecule has 0 aliphatic carbocycles. The van der Waals surface area contributed by atoms with Crippen molar-refractivity contribution in [3.8, 4) is 0 Å². The molecule has 0 spiro atoms. The Morgan fingerprint density at radius 1 is 1.50 bits per heavy atom. The maximum atomic E-state index is 4.05. The molecule has 0 aliphatic heterocycles. The van der Waals surface area contributed by atoms with Gasteiger partial charge < -0.3 is 5.32 Å². The molecule has 0 aliphatic rings. The zero-order valence-electron chi connectivity index (χ0n) is 8.62. The average Bonchev–Trinajstić information content (AvgIpc) is 2.69. The summed E-state index contributed by atoms with van der Waals surface area (Å²) in [6, 6.07) is 0. The Balaban J connectivity index is 1.85. The first-order chi connectivity index (χ1) is 6.93. The van der Waals surface area contributed by atoms with Gasteiger partial charge in [0.05, 0.1) is 0 Å². The second kappa shape index (κ2) is 7.82. The van der Waals surface area contributed by atoms with Gasteiger partial charge in [-0.25, -0.2) is 4.98 Å². The predicted molar refractivity (Wildman–Crippen MR) is 60.6 cm³/mol. The highest BCUT2D eigenvalue weighted by molar-refractivity contribution is 7.99. The van der Waals surface area contributed by atoms with Crippen LogP contribution in [0.1, 0.15) is 19.2 Å². The maximum absolute atomic E-state index is 4.05. The molecule has 5 heteroatoms. The molecule has 4 nitrogen and oxygen atoms in total. The predicted octanol–water partition coefficient (Wildman–Crippen LogP) is 1.08. The van der Waals surface area contributed by atoms with Gasteiger partial charge in [-0.15, -0.1) is 0 Å². The number of nitrogens with one attached hydrogen (secondary N) is 2. The van der Waals surface area contributed by atoms with Crippen LogP contribution in [-0.2, 0) is 6.42 Å². The molecular weight excluding hydrogens is 196 g/mol. The van der Waals surface area contributed by atoms with E-state index in [2.05, 4.69) is 27.4 Å².